The van der Waals surface area contributed by atoms with Crippen LogP contribution in [0.5, 0.6) is 5.75 Å². The summed E-state index contributed by atoms with van der Waals surface area (Å²) in [6, 6.07) is 3.68. The SMILES string of the molecule is COc1c(C)cc(C(=O)NCCCCCCCC(=O)O)cc1C. The van der Waals surface area contributed by atoms with E-state index in [1.165, 1.54) is 0 Å². The molecule has 0 aliphatic heterocycles. The van der Waals surface area contributed by atoms with Crippen molar-refractivity contribution in [2.45, 2.75) is 52.4 Å². The number of methoxy groups -OCH3 is 1. The van der Waals surface area contributed by atoms with Gasteiger partial charge in [-0.25, -0.2) is 0 Å². The summed E-state index contributed by atoms with van der Waals surface area (Å²) in [5.74, 6) is 0.0231. The molecule has 23 heavy (non-hydrogen) atoms. The lowest BCUT2D eigenvalue weighted by Crippen LogP contribution is -2.24. The van der Waals surface area contributed by atoms with E-state index < -0.39 is 5.97 Å². The fourth-order valence-electron chi connectivity index (χ4n) is 2.64. The quantitative estimate of drug-likeness (QED) is 0.647. The van der Waals surface area contributed by atoms with Gasteiger partial charge in [0.05, 0.1) is 7.11 Å². The summed E-state index contributed by atoms with van der Waals surface area (Å²) in [7, 11) is 1.63. The number of hydrogen-bond acceptors (Lipinski definition) is 3. The van der Waals surface area contributed by atoms with Gasteiger partial charge in [-0.3, -0.25) is 9.59 Å². The minimum absolute atomic E-state index is 0.0651. The molecule has 1 aromatic carbocycles. The number of nitrogens with one attached hydrogen (secondary N) is 1. The van der Waals surface area contributed by atoms with E-state index in [1.54, 1.807) is 7.11 Å². The number of rotatable bonds is 10. The van der Waals surface area contributed by atoms with Crippen molar-refractivity contribution in [1.82, 2.24) is 5.32 Å². The number of amides is 1. The summed E-state index contributed by atoms with van der Waals surface area (Å²) in [6.07, 6.45) is 4.81. The lowest BCUT2D eigenvalue weighted by molar-refractivity contribution is -0.137. The second kappa shape index (κ2) is 9.87. The fourth-order valence-corrected chi connectivity index (χ4v) is 2.64. The summed E-state index contributed by atoms with van der Waals surface area (Å²) < 4.78 is 5.30. The molecular weight excluding hydrogens is 294 g/mol. The zero-order valence-electron chi connectivity index (χ0n) is 14.3. The zero-order valence-corrected chi connectivity index (χ0v) is 14.3. The summed E-state index contributed by atoms with van der Waals surface area (Å²) >= 11 is 0. The molecule has 0 unspecified atom stereocenters. The number of unbranched alkanes of at least 4 members (excludes halogenated alkanes) is 4. The Morgan fingerprint density at radius 2 is 1.61 bits per heavy atom. The molecule has 0 fully saturated rings. The first-order valence-electron chi connectivity index (χ1n) is 8.11. The summed E-state index contributed by atoms with van der Waals surface area (Å²) in [5, 5.41) is 11.5. The van der Waals surface area contributed by atoms with Gasteiger partial charge in [0.2, 0.25) is 0 Å². The Morgan fingerprint density at radius 3 is 2.17 bits per heavy atom. The molecule has 0 heterocycles. The normalized spacial score (nSPS) is 10.4. The first kappa shape index (κ1) is 19.0. The lowest BCUT2D eigenvalue weighted by Gasteiger charge is -2.11. The minimum Gasteiger partial charge on any atom is -0.496 e. The molecule has 1 amide bonds. The molecule has 0 spiro atoms. The molecule has 128 valence electrons. The highest BCUT2D eigenvalue weighted by Crippen LogP contribution is 2.24. The van der Waals surface area contributed by atoms with Crippen LogP contribution in [0.2, 0.25) is 0 Å². The van der Waals surface area contributed by atoms with Crippen LogP contribution in [0.4, 0.5) is 0 Å². The van der Waals surface area contributed by atoms with Crippen LogP contribution < -0.4 is 10.1 Å². The maximum Gasteiger partial charge on any atom is 0.303 e. The van der Waals surface area contributed by atoms with Crippen LogP contribution in [0.15, 0.2) is 12.1 Å². The van der Waals surface area contributed by atoms with E-state index in [9.17, 15) is 9.59 Å². The molecule has 0 aliphatic carbocycles. The van der Waals surface area contributed by atoms with Crippen LogP contribution in [0, 0.1) is 13.8 Å². The Morgan fingerprint density at radius 1 is 1.04 bits per heavy atom. The zero-order chi connectivity index (χ0) is 17.2. The molecule has 0 radical (unpaired) electrons. The van der Waals surface area contributed by atoms with Gasteiger partial charge in [-0.05, 0) is 49.9 Å². The maximum absolute atomic E-state index is 12.1. The second-order valence-electron chi connectivity index (χ2n) is 5.81. The fraction of sp³-hybridized carbons (Fsp3) is 0.556. The molecule has 0 atom stereocenters. The summed E-state index contributed by atoms with van der Waals surface area (Å²) in [4.78, 5) is 22.5. The van der Waals surface area contributed by atoms with Crippen LogP contribution in [-0.2, 0) is 4.79 Å². The maximum atomic E-state index is 12.1. The van der Waals surface area contributed by atoms with Crippen molar-refractivity contribution in [3.05, 3.63) is 28.8 Å². The highest BCUT2D eigenvalue weighted by atomic mass is 16.5. The van der Waals surface area contributed by atoms with Gasteiger partial charge >= 0.3 is 5.97 Å². The Bertz CT molecular complexity index is 517. The van der Waals surface area contributed by atoms with Gasteiger partial charge in [0.25, 0.3) is 5.91 Å². The molecule has 0 aliphatic rings. The highest BCUT2D eigenvalue weighted by molar-refractivity contribution is 5.94. The molecule has 0 bridgehead atoms. The second-order valence-corrected chi connectivity index (χ2v) is 5.81. The van der Waals surface area contributed by atoms with Crippen molar-refractivity contribution in [2.24, 2.45) is 0 Å². The summed E-state index contributed by atoms with van der Waals surface area (Å²) in [5.41, 5.74) is 2.56. The van der Waals surface area contributed by atoms with Crippen LogP contribution in [0.1, 0.15) is 60.0 Å². The van der Waals surface area contributed by atoms with Gasteiger partial charge in [-0.1, -0.05) is 19.3 Å². The molecule has 1 rings (SSSR count). The van der Waals surface area contributed by atoms with Crippen LogP contribution in [0.25, 0.3) is 0 Å². The molecule has 0 saturated heterocycles. The molecule has 0 aromatic heterocycles. The monoisotopic (exact) mass is 321 g/mol. The number of carboxylic acid groups (broad SMARTS) is 1. The van der Waals surface area contributed by atoms with E-state index in [1.807, 2.05) is 26.0 Å². The Balaban J connectivity index is 2.28. The average Bonchev–Trinajstić information content (AvgIpc) is 2.49. The molecular formula is C18H27NO4. The minimum atomic E-state index is -0.734. The Kier molecular flexibility index (Phi) is 8.16. The third-order valence-electron chi connectivity index (χ3n) is 3.78. The average molecular weight is 321 g/mol. The van der Waals surface area contributed by atoms with E-state index in [2.05, 4.69) is 5.32 Å². The third kappa shape index (κ3) is 6.72. The number of aryl methyl sites for hydroxylation is 2. The molecule has 5 heteroatoms. The van der Waals surface area contributed by atoms with Gasteiger partial charge in [0, 0.05) is 18.5 Å². The topological polar surface area (TPSA) is 75.6 Å². The first-order valence-corrected chi connectivity index (χ1v) is 8.11. The van der Waals surface area contributed by atoms with Gasteiger partial charge in [-0.2, -0.15) is 0 Å². The van der Waals surface area contributed by atoms with Crippen LogP contribution in [0.3, 0.4) is 0 Å². The predicted molar refractivity (Wildman–Crippen MR) is 90.1 cm³/mol. The number of ether oxygens (including phenoxy) is 1. The van der Waals surface area contributed by atoms with Crippen molar-refractivity contribution in [2.75, 3.05) is 13.7 Å². The first-order chi connectivity index (χ1) is 11.0. The highest BCUT2D eigenvalue weighted by Gasteiger charge is 2.10. The number of benzene rings is 1. The predicted octanol–water partition coefficient (Wildman–Crippen LogP) is 3.47. The summed E-state index contributed by atoms with van der Waals surface area (Å²) in [6.45, 7) is 4.50. The number of carbonyl (C=O) groups is 2. The smallest absolute Gasteiger partial charge is 0.303 e. The number of carboxylic acids is 1. The molecule has 1 aromatic rings. The van der Waals surface area contributed by atoms with E-state index in [4.69, 9.17) is 9.84 Å². The Hall–Kier alpha value is -2.04. The molecule has 2 N–H and O–H groups in total. The van der Waals surface area contributed by atoms with Gasteiger partial charge in [0.15, 0.2) is 0 Å². The van der Waals surface area contributed by atoms with Crippen molar-refractivity contribution in [3.63, 3.8) is 0 Å². The van der Waals surface area contributed by atoms with Gasteiger partial charge in [-0.15, -0.1) is 0 Å². The third-order valence-corrected chi connectivity index (χ3v) is 3.78. The van der Waals surface area contributed by atoms with E-state index in [0.717, 1.165) is 49.0 Å². The van der Waals surface area contributed by atoms with Crippen molar-refractivity contribution in [3.8, 4) is 5.75 Å². The number of carbonyl (C=O) groups excluding carboxylic acids is 1. The van der Waals surface area contributed by atoms with Gasteiger partial charge < -0.3 is 15.2 Å². The standard InChI is InChI=1S/C18H27NO4/c1-13-11-15(12-14(2)17(13)23-3)18(22)19-10-8-6-4-5-7-9-16(20)21/h11-12H,4-10H2,1-3H3,(H,19,22)(H,20,21). The number of aliphatic carboxylic acids is 1. The van der Waals surface area contributed by atoms with Crippen molar-refractivity contribution < 1.29 is 19.4 Å². The molecule has 5 nitrogen and oxygen atoms in total. The Labute approximate surface area is 138 Å². The lowest BCUT2D eigenvalue weighted by atomic mass is 10.0. The molecule has 0 saturated carbocycles. The number of hydrogen-bond donors (Lipinski definition) is 2. The van der Waals surface area contributed by atoms with Crippen molar-refractivity contribution >= 4 is 11.9 Å². The van der Waals surface area contributed by atoms with Crippen LogP contribution in [-0.4, -0.2) is 30.6 Å². The van der Waals surface area contributed by atoms with Crippen molar-refractivity contribution in [1.29, 1.82) is 0 Å². The van der Waals surface area contributed by atoms with Gasteiger partial charge in [0.1, 0.15) is 5.75 Å². The van der Waals surface area contributed by atoms with E-state index in [-0.39, 0.29) is 12.3 Å². The van der Waals surface area contributed by atoms with E-state index in [0.29, 0.717) is 12.1 Å². The van der Waals surface area contributed by atoms with Crippen LogP contribution >= 0.6 is 0 Å². The van der Waals surface area contributed by atoms with E-state index >= 15 is 0 Å². The largest absolute Gasteiger partial charge is 0.496 e.